The first-order valence-corrected chi connectivity index (χ1v) is 9.28. The van der Waals surface area contributed by atoms with Crippen LogP contribution < -0.4 is 5.32 Å². The Labute approximate surface area is 156 Å². The van der Waals surface area contributed by atoms with Crippen molar-refractivity contribution < 1.29 is 9.53 Å². The van der Waals surface area contributed by atoms with Crippen LogP contribution in [0.3, 0.4) is 0 Å². The van der Waals surface area contributed by atoms with Crippen LogP contribution in [0.15, 0.2) is 60.7 Å². The van der Waals surface area contributed by atoms with Crippen LogP contribution in [0, 0.1) is 0 Å². The third-order valence-corrected chi connectivity index (χ3v) is 5.31. The molecule has 1 N–H and O–H groups in total. The molecular weight excluding hydrogens is 324 g/mol. The van der Waals surface area contributed by atoms with Crippen LogP contribution in [0.25, 0.3) is 0 Å². The van der Waals surface area contributed by atoms with Gasteiger partial charge in [0.05, 0.1) is 13.5 Å². The quantitative estimate of drug-likeness (QED) is 0.581. The molecule has 0 bridgehead atoms. The number of ether oxygens (including phenoxy) is 1. The van der Waals surface area contributed by atoms with Crippen molar-refractivity contribution in [3.63, 3.8) is 0 Å². The molecule has 2 aromatic carbocycles. The minimum atomic E-state index is -0.165. The van der Waals surface area contributed by atoms with Crippen molar-refractivity contribution in [2.75, 3.05) is 13.7 Å². The van der Waals surface area contributed by atoms with Gasteiger partial charge in [-0.05, 0) is 25.0 Å². The van der Waals surface area contributed by atoms with Crippen molar-refractivity contribution in [1.82, 2.24) is 10.2 Å². The molecule has 1 aliphatic rings. The van der Waals surface area contributed by atoms with E-state index in [1.807, 2.05) is 24.3 Å². The summed E-state index contributed by atoms with van der Waals surface area (Å²) >= 11 is 0. The average Bonchev–Trinajstić information content (AvgIpc) is 3.49. The SMILES string of the molecule is COC(=O)C[C@@H](N[C@@H](C)c1ccccc1)[C@H]1CN1[C@H](C)c1ccccc1. The Balaban J connectivity index is 1.68. The Morgan fingerprint density at radius 3 is 2.23 bits per heavy atom. The summed E-state index contributed by atoms with van der Waals surface area (Å²) in [5.41, 5.74) is 2.54. The zero-order valence-corrected chi connectivity index (χ0v) is 15.8. The number of rotatable bonds is 8. The van der Waals surface area contributed by atoms with Gasteiger partial charge in [0.1, 0.15) is 0 Å². The first kappa shape index (κ1) is 18.6. The van der Waals surface area contributed by atoms with Gasteiger partial charge in [-0.2, -0.15) is 0 Å². The van der Waals surface area contributed by atoms with Gasteiger partial charge in [-0.25, -0.2) is 0 Å². The molecule has 0 radical (unpaired) electrons. The molecule has 4 nitrogen and oxygen atoms in total. The second-order valence-corrected chi connectivity index (χ2v) is 7.04. The molecule has 3 rings (SSSR count). The van der Waals surface area contributed by atoms with Gasteiger partial charge in [-0.15, -0.1) is 0 Å². The lowest BCUT2D eigenvalue weighted by Gasteiger charge is -2.24. The van der Waals surface area contributed by atoms with Crippen molar-refractivity contribution >= 4 is 5.97 Å². The highest BCUT2D eigenvalue weighted by Crippen LogP contribution is 2.35. The van der Waals surface area contributed by atoms with Gasteiger partial charge in [0.25, 0.3) is 0 Å². The summed E-state index contributed by atoms with van der Waals surface area (Å²) in [6.45, 7) is 5.37. The van der Waals surface area contributed by atoms with E-state index in [4.69, 9.17) is 4.74 Å². The van der Waals surface area contributed by atoms with Crippen molar-refractivity contribution in [2.24, 2.45) is 0 Å². The Hall–Kier alpha value is -2.17. The summed E-state index contributed by atoms with van der Waals surface area (Å²) in [5, 5.41) is 3.65. The molecule has 0 aromatic heterocycles. The van der Waals surface area contributed by atoms with E-state index in [0.29, 0.717) is 18.5 Å². The minimum Gasteiger partial charge on any atom is -0.469 e. The summed E-state index contributed by atoms with van der Waals surface area (Å²) in [6.07, 6.45) is 0.385. The number of nitrogens with one attached hydrogen (secondary N) is 1. The van der Waals surface area contributed by atoms with Crippen LogP contribution in [0.5, 0.6) is 0 Å². The zero-order chi connectivity index (χ0) is 18.5. The van der Waals surface area contributed by atoms with Crippen LogP contribution in [-0.2, 0) is 9.53 Å². The summed E-state index contributed by atoms with van der Waals surface area (Å²) in [4.78, 5) is 14.4. The molecule has 1 fully saturated rings. The Kier molecular flexibility index (Phi) is 6.07. The third kappa shape index (κ3) is 4.51. The van der Waals surface area contributed by atoms with Gasteiger partial charge in [-0.1, -0.05) is 60.7 Å². The van der Waals surface area contributed by atoms with Crippen molar-refractivity contribution in [3.05, 3.63) is 71.8 Å². The molecule has 1 saturated heterocycles. The number of carbonyl (C=O) groups excluding carboxylic acids is 1. The lowest BCUT2D eigenvalue weighted by molar-refractivity contribution is -0.141. The van der Waals surface area contributed by atoms with Crippen LogP contribution >= 0.6 is 0 Å². The lowest BCUT2D eigenvalue weighted by atomic mass is 10.0. The van der Waals surface area contributed by atoms with Crippen LogP contribution in [0.4, 0.5) is 0 Å². The molecule has 26 heavy (non-hydrogen) atoms. The van der Waals surface area contributed by atoms with E-state index in [1.54, 1.807) is 0 Å². The molecule has 0 spiro atoms. The van der Waals surface area contributed by atoms with E-state index in [9.17, 15) is 4.79 Å². The maximum atomic E-state index is 11.9. The molecule has 1 unspecified atom stereocenters. The van der Waals surface area contributed by atoms with Crippen LogP contribution in [0.1, 0.15) is 43.5 Å². The maximum Gasteiger partial charge on any atom is 0.307 e. The molecule has 138 valence electrons. The van der Waals surface area contributed by atoms with E-state index in [-0.39, 0.29) is 18.1 Å². The largest absolute Gasteiger partial charge is 0.469 e. The number of methoxy groups -OCH3 is 1. The number of nitrogens with zero attached hydrogens (tertiary/aromatic N) is 1. The van der Waals surface area contributed by atoms with Crippen LogP contribution in [0.2, 0.25) is 0 Å². The molecule has 0 amide bonds. The van der Waals surface area contributed by atoms with Gasteiger partial charge in [0.15, 0.2) is 0 Å². The summed E-state index contributed by atoms with van der Waals surface area (Å²) in [7, 11) is 1.46. The number of hydrogen-bond donors (Lipinski definition) is 1. The molecule has 2 aromatic rings. The third-order valence-electron chi connectivity index (χ3n) is 5.31. The molecule has 0 saturated carbocycles. The number of esters is 1. The van der Waals surface area contributed by atoms with E-state index in [1.165, 1.54) is 18.2 Å². The highest BCUT2D eigenvalue weighted by Gasteiger charge is 2.44. The van der Waals surface area contributed by atoms with E-state index < -0.39 is 0 Å². The monoisotopic (exact) mass is 352 g/mol. The Bertz CT molecular complexity index is 705. The number of carbonyl (C=O) groups is 1. The smallest absolute Gasteiger partial charge is 0.307 e. The van der Waals surface area contributed by atoms with Gasteiger partial charge in [-0.3, -0.25) is 9.69 Å². The first-order chi connectivity index (χ1) is 12.6. The number of benzene rings is 2. The lowest BCUT2D eigenvalue weighted by Crippen LogP contribution is -2.39. The second kappa shape index (κ2) is 8.47. The first-order valence-electron chi connectivity index (χ1n) is 9.28. The van der Waals surface area contributed by atoms with E-state index in [0.717, 1.165) is 6.54 Å². The van der Waals surface area contributed by atoms with Crippen molar-refractivity contribution in [2.45, 2.75) is 44.4 Å². The van der Waals surface area contributed by atoms with Gasteiger partial charge < -0.3 is 10.1 Å². The topological polar surface area (TPSA) is 41.3 Å². The molecule has 4 heteroatoms. The fourth-order valence-electron chi connectivity index (χ4n) is 3.62. The fourth-order valence-corrected chi connectivity index (χ4v) is 3.62. The van der Waals surface area contributed by atoms with Crippen molar-refractivity contribution in [1.29, 1.82) is 0 Å². The zero-order valence-electron chi connectivity index (χ0n) is 15.8. The predicted octanol–water partition coefficient (Wildman–Crippen LogP) is 3.71. The highest BCUT2D eigenvalue weighted by atomic mass is 16.5. The molecule has 5 atom stereocenters. The Morgan fingerprint density at radius 2 is 1.65 bits per heavy atom. The van der Waals surface area contributed by atoms with Crippen LogP contribution in [-0.4, -0.2) is 36.6 Å². The second-order valence-electron chi connectivity index (χ2n) is 7.04. The minimum absolute atomic E-state index is 0.0730. The predicted molar refractivity (Wildman–Crippen MR) is 104 cm³/mol. The van der Waals surface area contributed by atoms with Gasteiger partial charge in [0.2, 0.25) is 0 Å². The van der Waals surface area contributed by atoms with E-state index in [2.05, 4.69) is 60.5 Å². The Morgan fingerprint density at radius 1 is 1.08 bits per heavy atom. The van der Waals surface area contributed by atoms with Crippen molar-refractivity contribution in [3.8, 4) is 0 Å². The van der Waals surface area contributed by atoms with E-state index >= 15 is 0 Å². The summed E-state index contributed by atoms with van der Waals surface area (Å²) in [5.74, 6) is -0.165. The molecular formula is C22H28N2O2. The average molecular weight is 352 g/mol. The van der Waals surface area contributed by atoms with Gasteiger partial charge in [0, 0.05) is 30.7 Å². The summed E-state index contributed by atoms with van der Waals surface area (Å²) < 4.78 is 4.93. The number of hydrogen-bond acceptors (Lipinski definition) is 4. The molecule has 1 heterocycles. The van der Waals surface area contributed by atoms with Gasteiger partial charge >= 0.3 is 5.97 Å². The fraction of sp³-hybridized carbons (Fsp3) is 0.409. The highest BCUT2D eigenvalue weighted by molar-refractivity contribution is 5.70. The maximum absolute atomic E-state index is 11.9. The molecule has 1 aliphatic heterocycles. The normalized spacial score (nSPS) is 22.3. The molecule has 0 aliphatic carbocycles. The summed E-state index contributed by atoms with van der Waals surface area (Å²) in [6, 6.07) is 21.8. The standard InChI is InChI=1S/C22H28N2O2/c1-16(18-10-6-4-7-11-18)23-20(14-22(25)26-3)21-15-24(21)17(2)19-12-8-5-9-13-19/h4-13,16-17,20-21,23H,14-15H2,1-3H3/t16-,17+,20+,21+,24?/m0/s1.